The third-order valence-electron chi connectivity index (χ3n) is 6.16. The Morgan fingerprint density at radius 3 is 2.45 bits per heavy atom. The lowest BCUT2D eigenvalue weighted by Gasteiger charge is -2.27. The van der Waals surface area contributed by atoms with Crippen LogP contribution in [-0.2, 0) is 22.4 Å². The smallest absolute Gasteiger partial charge is 0.347 e. The molecule has 0 aliphatic carbocycles. The van der Waals surface area contributed by atoms with E-state index in [1.165, 1.54) is 18.5 Å². The van der Waals surface area contributed by atoms with Crippen LogP contribution in [0.4, 0.5) is 23.4 Å². The highest BCUT2D eigenvalue weighted by Crippen LogP contribution is 2.38. The molecule has 168 valence electrons. The molecule has 5 nitrogen and oxygen atoms in total. The van der Waals surface area contributed by atoms with Gasteiger partial charge < -0.3 is 4.90 Å². The van der Waals surface area contributed by atoms with E-state index in [1.54, 1.807) is 4.90 Å². The minimum atomic E-state index is -4.41. The quantitative estimate of drug-likeness (QED) is 0.620. The van der Waals surface area contributed by atoms with Crippen molar-refractivity contribution in [2.24, 2.45) is 0 Å². The summed E-state index contributed by atoms with van der Waals surface area (Å²) >= 11 is 0. The van der Waals surface area contributed by atoms with Crippen molar-refractivity contribution in [3.63, 3.8) is 0 Å². The van der Waals surface area contributed by atoms with Crippen molar-refractivity contribution in [1.82, 2.24) is 9.97 Å². The van der Waals surface area contributed by atoms with Crippen LogP contribution in [0, 0.1) is 5.82 Å². The Morgan fingerprint density at radius 1 is 1.06 bits per heavy atom. The first-order valence-electron chi connectivity index (χ1n) is 10.3. The molecule has 2 aromatic rings. The van der Waals surface area contributed by atoms with Gasteiger partial charge in [0.05, 0.1) is 28.3 Å². The molecule has 0 bridgehead atoms. The first-order valence-corrected chi connectivity index (χ1v) is 12.0. The number of halogens is 4. The van der Waals surface area contributed by atoms with Gasteiger partial charge in [0.25, 0.3) is 0 Å². The van der Waals surface area contributed by atoms with Crippen molar-refractivity contribution in [3.05, 3.63) is 53.2 Å². The van der Waals surface area contributed by atoms with Gasteiger partial charge in [-0.2, -0.15) is 13.2 Å². The van der Waals surface area contributed by atoms with Crippen LogP contribution < -0.4 is 4.90 Å². The van der Waals surface area contributed by atoms with Gasteiger partial charge in [-0.05, 0) is 56.2 Å². The number of rotatable bonds is 5. The largest absolute Gasteiger partial charge is 0.416 e. The van der Waals surface area contributed by atoms with Crippen molar-refractivity contribution in [1.29, 1.82) is 0 Å². The van der Waals surface area contributed by atoms with Gasteiger partial charge in [-0.15, -0.1) is 0 Å². The average molecular weight is 457 g/mol. The molecule has 0 N–H and O–H groups in total. The molecule has 4 rings (SSSR count). The van der Waals surface area contributed by atoms with Crippen LogP contribution in [0.2, 0.25) is 0 Å². The van der Waals surface area contributed by atoms with Gasteiger partial charge in [-0.3, -0.25) is 0 Å². The number of hydrogen-bond donors (Lipinski definition) is 0. The van der Waals surface area contributed by atoms with E-state index in [-0.39, 0.29) is 29.7 Å². The summed E-state index contributed by atoms with van der Waals surface area (Å²) < 4.78 is 77.8. The van der Waals surface area contributed by atoms with Gasteiger partial charge in [0, 0.05) is 6.54 Å². The molecule has 3 heterocycles. The molecule has 31 heavy (non-hydrogen) atoms. The van der Waals surface area contributed by atoms with Gasteiger partial charge >= 0.3 is 6.18 Å². The predicted molar refractivity (Wildman–Crippen MR) is 108 cm³/mol. The highest BCUT2D eigenvalue weighted by atomic mass is 32.2. The van der Waals surface area contributed by atoms with Crippen molar-refractivity contribution in [2.75, 3.05) is 17.2 Å². The Labute approximate surface area is 178 Å². The van der Waals surface area contributed by atoms with Crippen molar-refractivity contribution < 1.29 is 26.0 Å². The monoisotopic (exact) mass is 457 g/mol. The van der Waals surface area contributed by atoms with E-state index in [4.69, 9.17) is 0 Å². The number of aryl methyl sites for hydroxylation is 1. The molecule has 2 aliphatic rings. The van der Waals surface area contributed by atoms with Gasteiger partial charge in [0.2, 0.25) is 0 Å². The van der Waals surface area contributed by atoms with E-state index in [1.807, 2.05) is 0 Å². The first kappa shape index (κ1) is 22.0. The van der Waals surface area contributed by atoms with E-state index >= 15 is 4.39 Å². The maximum Gasteiger partial charge on any atom is 0.416 e. The van der Waals surface area contributed by atoms with Gasteiger partial charge in [0.1, 0.15) is 6.33 Å². The molecular formula is C21H23F4N3O2S. The Hall–Kier alpha value is -2.23. The highest BCUT2D eigenvalue weighted by molar-refractivity contribution is 7.92. The summed E-state index contributed by atoms with van der Waals surface area (Å²) in [6.45, 7) is 0.524. The van der Waals surface area contributed by atoms with Crippen LogP contribution in [0.5, 0.6) is 0 Å². The second-order valence-electron chi connectivity index (χ2n) is 8.10. The zero-order chi connectivity index (χ0) is 22.2. The first-order chi connectivity index (χ1) is 14.7. The van der Waals surface area contributed by atoms with Crippen molar-refractivity contribution >= 4 is 15.7 Å². The van der Waals surface area contributed by atoms with E-state index < -0.39 is 32.6 Å². The van der Waals surface area contributed by atoms with Gasteiger partial charge in [-0.1, -0.05) is 12.1 Å². The minimum absolute atomic E-state index is 0.113. The molecule has 0 saturated carbocycles. The summed E-state index contributed by atoms with van der Waals surface area (Å²) in [5.74, 6) is -0.295. The molecule has 1 aromatic heterocycles. The summed E-state index contributed by atoms with van der Waals surface area (Å²) in [6.07, 6.45) is 0.0157. The molecule has 2 fully saturated rings. The van der Waals surface area contributed by atoms with Crippen LogP contribution in [0.1, 0.15) is 55.0 Å². The molecular weight excluding hydrogens is 434 g/mol. The highest BCUT2D eigenvalue weighted by Gasteiger charge is 2.34. The third kappa shape index (κ3) is 4.53. The molecule has 0 radical (unpaired) electrons. The maximum atomic E-state index is 15.2. The number of benzene rings is 1. The summed E-state index contributed by atoms with van der Waals surface area (Å²) in [6, 6.07) is 4.65. The molecule has 0 spiro atoms. The Balaban J connectivity index is 1.54. The standard InChI is InChI=1S/C21H23F4N3O2S/c22-19-17(10-9-16-3-2-12-31(16,29)30)26-13-27-20(19)28-11-1-4-18(28)14-5-7-15(8-6-14)21(23,24)25/h5-8,13,16,18H,1-4,9-12H2/t16?,18-/m1/s1. The topological polar surface area (TPSA) is 63.2 Å². The van der Waals surface area contributed by atoms with Crippen LogP contribution in [-0.4, -0.2) is 35.9 Å². The van der Waals surface area contributed by atoms with Gasteiger partial charge in [0.15, 0.2) is 21.5 Å². The summed E-state index contributed by atoms with van der Waals surface area (Å²) in [5.41, 5.74) is 0.116. The zero-order valence-corrected chi connectivity index (χ0v) is 17.6. The Kier molecular flexibility index (Phi) is 5.93. The summed E-state index contributed by atoms with van der Waals surface area (Å²) in [5, 5.41) is -0.461. The summed E-state index contributed by atoms with van der Waals surface area (Å²) in [7, 11) is -3.11. The fourth-order valence-electron chi connectivity index (χ4n) is 4.51. The lowest BCUT2D eigenvalue weighted by molar-refractivity contribution is -0.137. The Bertz CT molecular complexity index is 1040. The molecule has 2 saturated heterocycles. The van der Waals surface area contributed by atoms with E-state index in [9.17, 15) is 21.6 Å². The Morgan fingerprint density at radius 2 is 1.81 bits per heavy atom. The molecule has 1 aromatic carbocycles. The molecule has 1 unspecified atom stereocenters. The van der Waals surface area contributed by atoms with E-state index in [2.05, 4.69) is 9.97 Å². The molecule has 10 heteroatoms. The number of aromatic nitrogens is 2. The number of alkyl halides is 3. The minimum Gasteiger partial charge on any atom is -0.347 e. The van der Waals surface area contributed by atoms with Gasteiger partial charge in [-0.25, -0.2) is 22.8 Å². The van der Waals surface area contributed by atoms with Crippen LogP contribution in [0.15, 0.2) is 30.6 Å². The number of anilines is 1. The van der Waals surface area contributed by atoms with E-state index in [0.29, 0.717) is 37.8 Å². The lowest BCUT2D eigenvalue weighted by atomic mass is 10.0. The lowest BCUT2D eigenvalue weighted by Crippen LogP contribution is -2.26. The number of sulfone groups is 1. The predicted octanol–water partition coefficient (Wildman–Crippen LogP) is 4.49. The average Bonchev–Trinajstić information content (AvgIpc) is 3.33. The molecule has 0 amide bonds. The second-order valence-corrected chi connectivity index (χ2v) is 10.5. The number of hydrogen-bond acceptors (Lipinski definition) is 5. The van der Waals surface area contributed by atoms with Crippen LogP contribution >= 0.6 is 0 Å². The SMILES string of the molecule is O=S1(=O)CCCC1CCc1ncnc(N2CCC[C@@H]2c2ccc(C(F)(F)F)cc2)c1F. The number of nitrogens with zero attached hydrogens (tertiary/aromatic N) is 3. The normalized spacial score (nSPS) is 23.4. The molecule has 2 aliphatic heterocycles. The fraction of sp³-hybridized carbons (Fsp3) is 0.524. The van der Waals surface area contributed by atoms with Crippen molar-refractivity contribution in [2.45, 2.75) is 56.0 Å². The summed E-state index contributed by atoms with van der Waals surface area (Å²) in [4.78, 5) is 9.89. The fourth-order valence-corrected chi connectivity index (χ4v) is 6.42. The van der Waals surface area contributed by atoms with E-state index in [0.717, 1.165) is 18.6 Å². The van der Waals surface area contributed by atoms with Crippen LogP contribution in [0.3, 0.4) is 0 Å². The zero-order valence-electron chi connectivity index (χ0n) is 16.8. The second kappa shape index (κ2) is 8.37. The molecule has 2 atom stereocenters. The van der Waals surface area contributed by atoms with Crippen molar-refractivity contribution in [3.8, 4) is 0 Å². The third-order valence-corrected chi connectivity index (χ3v) is 8.50. The maximum absolute atomic E-state index is 15.2. The van der Waals surface area contributed by atoms with Crippen LogP contribution in [0.25, 0.3) is 0 Å².